The maximum absolute atomic E-state index is 13.3. The third kappa shape index (κ3) is 4.60. The van der Waals surface area contributed by atoms with Crippen LogP contribution in [-0.4, -0.2) is 41.0 Å². The van der Waals surface area contributed by atoms with Crippen molar-refractivity contribution in [2.75, 3.05) is 20.3 Å². The Morgan fingerprint density at radius 2 is 2.21 bits per heavy atom. The van der Waals surface area contributed by atoms with Crippen LogP contribution < -0.4 is 10.9 Å². The number of aryl methyl sites for hydroxylation is 2. The molecule has 1 N–H and O–H groups in total. The molecule has 0 bridgehead atoms. The van der Waals surface area contributed by atoms with Crippen LogP contribution >= 0.6 is 23.1 Å². The van der Waals surface area contributed by atoms with Gasteiger partial charge in [0.1, 0.15) is 4.83 Å². The summed E-state index contributed by atoms with van der Waals surface area (Å²) >= 11 is 3.02. The summed E-state index contributed by atoms with van der Waals surface area (Å²) in [7, 11) is 1.61. The summed E-state index contributed by atoms with van der Waals surface area (Å²) < 4.78 is 6.78. The van der Waals surface area contributed by atoms with Gasteiger partial charge in [0.25, 0.3) is 5.56 Å². The molecule has 2 aromatic rings. The fraction of sp³-hybridized carbons (Fsp3) is 0.650. The first-order valence-electron chi connectivity index (χ1n) is 10.0. The zero-order chi connectivity index (χ0) is 20.1. The molecule has 0 radical (unpaired) electrons. The van der Waals surface area contributed by atoms with Gasteiger partial charge < -0.3 is 10.1 Å². The number of methoxy groups -OCH3 is 1. The van der Waals surface area contributed by atoms with Crippen molar-refractivity contribution in [2.45, 2.75) is 69.3 Å². The van der Waals surface area contributed by atoms with Crippen molar-refractivity contribution in [2.24, 2.45) is 0 Å². The average molecular weight is 424 g/mol. The highest BCUT2D eigenvalue weighted by Gasteiger charge is 2.25. The Kier molecular flexibility index (Phi) is 7.54. The fourth-order valence-corrected chi connectivity index (χ4v) is 5.76. The average Bonchev–Trinajstić information content (AvgIpc) is 3.25. The van der Waals surface area contributed by atoms with E-state index in [1.165, 1.54) is 22.2 Å². The molecule has 8 heteroatoms. The molecule has 0 aliphatic heterocycles. The first kappa shape index (κ1) is 21.3. The first-order chi connectivity index (χ1) is 13.6. The zero-order valence-electron chi connectivity index (χ0n) is 16.9. The van der Waals surface area contributed by atoms with Gasteiger partial charge in [0.05, 0.1) is 17.2 Å². The molecule has 1 aliphatic rings. The number of aromatic nitrogens is 2. The highest BCUT2D eigenvalue weighted by atomic mass is 32.2. The van der Waals surface area contributed by atoms with Crippen LogP contribution in [0.2, 0.25) is 0 Å². The predicted octanol–water partition coefficient (Wildman–Crippen LogP) is 3.38. The Labute approximate surface area is 174 Å². The van der Waals surface area contributed by atoms with Crippen LogP contribution in [0.1, 0.15) is 50.0 Å². The fourth-order valence-electron chi connectivity index (χ4n) is 3.50. The van der Waals surface area contributed by atoms with E-state index in [4.69, 9.17) is 9.72 Å². The largest absolute Gasteiger partial charge is 0.383 e. The minimum absolute atomic E-state index is 0.0646. The molecule has 3 rings (SSSR count). The van der Waals surface area contributed by atoms with E-state index in [0.717, 1.165) is 48.7 Å². The Morgan fingerprint density at radius 3 is 2.96 bits per heavy atom. The number of amides is 1. The number of hydrogen-bond acceptors (Lipinski definition) is 6. The number of carbonyl (C=O) groups excluding carboxylic acids is 1. The second kappa shape index (κ2) is 9.89. The summed E-state index contributed by atoms with van der Waals surface area (Å²) in [6.07, 6.45) is 6.26. The lowest BCUT2D eigenvalue weighted by Gasteiger charge is -2.16. The molecule has 2 aromatic heterocycles. The summed E-state index contributed by atoms with van der Waals surface area (Å²) in [5.41, 5.74) is 1.28. The Bertz CT molecular complexity index is 891. The molecule has 0 aromatic carbocycles. The van der Waals surface area contributed by atoms with E-state index in [-0.39, 0.29) is 16.7 Å². The lowest BCUT2D eigenvalue weighted by atomic mass is 10.2. The molecule has 1 amide bonds. The summed E-state index contributed by atoms with van der Waals surface area (Å²) in [6.45, 7) is 5.62. The van der Waals surface area contributed by atoms with Gasteiger partial charge >= 0.3 is 0 Å². The van der Waals surface area contributed by atoms with E-state index < -0.39 is 0 Å². The van der Waals surface area contributed by atoms with Crippen LogP contribution in [0, 0.1) is 0 Å². The third-order valence-corrected chi connectivity index (χ3v) is 7.31. The second-order valence-corrected chi connectivity index (χ2v) is 9.53. The zero-order valence-corrected chi connectivity index (χ0v) is 18.5. The number of carbonyl (C=O) groups is 1. The Morgan fingerprint density at radius 1 is 1.39 bits per heavy atom. The minimum atomic E-state index is -0.328. The van der Waals surface area contributed by atoms with Crippen LogP contribution in [0.4, 0.5) is 0 Å². The maximum atomic E-state index is 13.3. The van der Waals surface area contributed by atoms with E-state index in [2.05, 4.69) is 12.2 Å². The molecule has 1 aliphatic carbocycles. The van der Waals surface area contributed by atoms with Gasteiger partial charge in [-0.1, -0.05) is 31.5 Å². The monoisotopic (exact) mass is 423 g/mol. The lowest BCUT2D eigenvalue weighted by Crippen LogP contribution is -2.34. The predicted molar refractivity (Wildman–Crippen MR) is 116 cm³/mol. The summed E-state index contributed by atoms with van der Waals surface area (Å²) in [4.78, 5) is 32.7. The number of nitrogens with zero attached hydrogens (tertiary/aromatic N) is 2. The van der Waals surface area contributed by atoms with E-state index in [9.17, 15) is 9.59 Å². The van der Waals surface area contributed by atoms with Gasteiger partial charge in [0, 0.05) is 25.1 Å². The molecule has 154 valence electrons. The lowest BCUT2D eigenvalue weighted by molar-refractivity contribution is -0.120. The Balaban J connectivity index is 1.90. The number of thioether (sulfide) groups is 1. The highest BCUT2D eigenvalue weighted by molar-refractivity contribution is 8.00. The normalized spacial score (nSPS) is 14.4. The van der Waals surface area contributed by atoms with Crippen LogP contribution in [0.25, 0.3) is 10.2 Å². The van der Waals surface area contributed by atoms with Gasteiger partial charge in [0.15, 0.2) is 5.16 Å². The summed E-state index contributed by atoms with van der Waals surface area (Å²) in [5, 5.41) is 4.00. The van der Waals surface area contributed by atoms with Gasteiger partial charge in [-0.15, -0.1) is 11.3 Å². The molecule has 1 atom stereocenters. The minimum Gasteiger partial charge on any atom is -0.383 e. The van der Waals surface area contributed by atoms with Gasteiger partial charge in [0.2, 0.25) is 5.91 Å². The molecule has 0 saturated heterocycles. The van der Waals surface area contributed by atoms with Crippen molar-refractivity contribution in [3.63, 3.8) is 0 Å². The van der Waals surface area contributed by atoms with Crippen molar-refractivity contribution < 1.29 is 9.53 Å². The van der Waals surface area contributed by atoms with E-state index in [1.54, 1.807) is 23.0 Å². The van der Waals surface area contributed by atoms with Crippen molar-refractivity contribution in [3.05, 3.63) is 20.8 Å². The number of fused-ring (bicyclic) bond motifs is 3. The second-order valence-electron chi connectivity index (χ2n) is 7.14. The quantitative estimate of drug-likeness (QED) is 0.360. The van der Waals surface area contributed by atoms with Gasteiger partial charge in [-0.3, -0.25) is 14.2 Å². The molecule has 0 fully saturated rings. The number of nitrogens with one attached hydrogen (secondary N) is 1. The van der Waals surface area contributed by atoms with Crippen molar-refractivity contribution in [1.82, 2.24) is 14.9 Å². The molecule has 0 spiro atoms. The van der Waals surface area contributed by atoms with E-state index in [1.807, 2.05) is 6.92 Å². The molecule has 28 heavy (non-hydrogen) atoms. The number of rotatable bonds is 10. The number of unbranched alkanes of at least 4 members (excludes halogenated alkanes) is 2. The van der Waals surface area contributed by atoms with Crippen LogP contribution in [0.3, 0.4) is 0 Å². The molecular weight excluding hydrogens is 394 g/mol. The highest BCUT2D eigenvalue weighted by Crippen LogP contribution is 2.36. The Hall–Kier alpha value is -1.38. The van der Waals surface area contributed by atoms with Gasteiger partial charge in [-0.05, 0) is 38.2 Å². The smallest absolute Gasteiger partial charge is 0.263 e. The van der Waals surface area contributed by atoms with E-state index >= 15 is 0 Å². The third-order valence-electron chi connectivity index (χ3n) is 5.03. The molecular formula is C20H29N3O3S2. The molecule has 0 unspecified atom stereocenters. The SMILES string of the molecule is CCCCCn1c(S[C@H](C)C(=O)NCCOC)nc2sc3c(c2c1=O)CCC3. The van der Waals surface area contributed by atoms with Crippen LogP contribution in [0.15, 0.2) is 9.95 Å². The van der Waals surface area contributed by atoms with Crippen molar-refractivity contribution in [3.8, 4) is 0 Å². The molecule has 0 saturated carbocycles. The maximum Gasteiger partial charge on any atom is 0.263 e. The van der Waals surface area contributed by atoms with E-state index in [0.29, 0.717) is 24.9 Å². The van der Waals surface area contributed by atoms with Crippen LogP contribution in [-0.2, 0) is 28.9 Å². The molecule has 6 nitrogen and oxygen atoms in total. The summed E-state index contributed by atoms with van der Waals surface area (Å²) in [5.74, 6) is -0.0646. The number of hydrogen-bond donors (Lipinski definition) is 1. The van der Waals surface area contributed by atoms with Crippen molar-refractivity contribution >= 4 is 39.2 Å². The van der Waals surface area contributed by atoms with Gasteiger partial charge in [-0.25, -0.2) is 4.98 Å². The number of ether oxygens (including phenoxy) is 1. The first-order valence-corrected chi connectivity index (χ1v) is 11.7. The summed E-state index contributed by atoms with van der Waals surface area (Å²) in [6, 6.07) is 0. The van der Waals surface area contributed by atoms with Crippen LogP contribution in [0.5, 0.6) is 0 Å². The number of thiophene rings is 1. The topological polar surface area (TPSA) is 73.2 Å². The van der Waals surface area contributed by atoms with Crippen molar-refractivity contribution in [1.29, 1.82) is 0 Å². The standard InChI is InChI=1S/C20H29N3O3S2/c1-4-5-6-11-23-19(25)16-14-8-7-9-15(14)28-18(16)22-20(23)27-13(2)17(24)21-10-12-26-3/h13H,4-12H2,1-3H3,(H,21,24)/t13-/m1/s1. The molecule has 2 heterocycles. The van der Waals surface area contributed by atoms with Gasteiger partial charge in [-0.2, -0.15) is 0 Å².